The Kier molecular flexibility index (Phi) is 5.19. The Morgan fingerprint density at radius 2 is 2.00 bits per heavy atom. The highest BCUT2D eigenvalue weighted by molar-refractivity contribution is 5.81. The summed E-state index contributed by atoms with van der Waals surface area (Å²) in [5.41, 5.74) is 0. The number of likely N-dealkylation sites (tertiary alicyclic amines) is 1. The molecule has 2 atom stereocenters. The summed E-state index contributed by atoms with van der Waals surface area (Å²) in [6.45, 7) is 7.29. The minimum absolute atomic E-state index is 0.00772. The van der Waals surface area contributed by atoms with Gasteiger partial charge in [-0.1, -0.05) is 0 Å². The zero-order valence-corrected chi connectivity index (χ0v) is 12.5. The number of hydrogen-bond donors (Lipinski definition) is 0. The van der Waals surface area contributed by atoms with Gasteiger partial charge in [-0.2, -0.15) is 0 Å². The normalized spacial score (nSPS) is 26.9. The molecule has 0 aromatic carbocycles. The van der Waals surface area contributed by atoms with Crippen LogP contribution >= 0.6 is 0 Å². The van der Waals surface area contributed by atoms with Crippen molar-refractivity contribution in [2.24, 2.45) is 0 Å². The van der Waals surface area contributed by atoms with E-state index in [1.54, 1.807) is 0 Å². The highest BCUT2D eigenvalue weighted by Gasteiger charge is 2.31. The van der Waals surface area contributed by atoms with Crippen molar-refractivity contribution in [2.45, 2.75) is 31.9 Å². The number of likely N-dealkylation sites (N-methyl/N-ethyl adjacent to an activating group) is 1. The number of rotatable bonds is 4. The molecule has 5 nitrogen and oxygen atoms in total. The second-order valence-electron chi connectivity index (χ2n) is 5.96. The Morgan fingerprint density at radius 3 is 2.63 bits per heavy atom. The van der Waals surface area contributed by atoms with Gasteiger partial charge >= 0.3 is 0 Å². The Labute approximate surface area is 116 Å². The average molecular weight is 269 g/mol. The third-order valence-electron chi connectivity index (χ3n) is 4.06. The lowest BCUT2D eigenvalue weighted by Crippen LogP contribution is -2.54. The molecule has 2 saturated heterocycles. The molecule has 0 aliphatic carbocycles. The van der Waals surface area contributed by atoms with Gasteiger partial charge in [0.15, 0.2) is 0 Å². The summed E-state index contributed by atoms with van der Waals surface area (Å²) in [5, 5.41) is 0. The maximum atomic E-state index is 12.4. The Balaban J connectivity index is 1.87. The van der Waals surface area contributed by atoms with Crippen LogP contribution in [0.3, 0.4) is 0 Å². The molecule has 0 N–H and O–H groups in total. The number of amides is 1. The lowest BCUT2D eigenvalue weighted by molar-refractivity contribution is -0.138. The van der Waals surface area contributed by atoms with Crippen molar-refractivity contribution in [3.8, 4) is 0 Å². The second-order valence-corrected chi connectivity index (χ2v) is 5.96. The van der Waals surface area contributed by atoms with Gasteiger partial charge in [0.1, 0.15) is 0 Å². The van der Waals surface area contributed by atoms with Crippen LogP contribution in [0.1, 0.15) is 19.8 Å². The van der Waals surface area contributed by atoms with Crippen LogP contribution in [0.2, 0.25) is 0 Å². The van der Waals surface area contributed by atoms with E-state index >= 15 is 0 Å². The van der Waals surface area contributed by atoms with Gasteiger partial charge in [-0.3, -0.25) is 9.69 Å². The number of nitrogens with zero attached hydrogens (tertiary/aromatic N) is 3. The van der Waals surface area contributed by atoms with Crippen LogP contribution < -0.4 is 0 Å². The van der Waals surface area contributed by atoms with Gasteiger partial charge in [0.05, 0.1) is 18.8 Å². The van der Waals surface area contributed by atoms with Crippen LogP contribution in [-0.2, 0) is 9.53 Å². The van der Waals surface area contributed by atoms with Crippen molar-refractivity contribution < 1.29 is 9.53 Å². The summed E-state index contributed by atoms with van der Waals surface area (Å²) >= 11 is 0. The van der Waals surface area contributed by atoms with Gasteiger partial charge in [-0.05, 0) is 33.9 Å². The number of ether oxygens (including phenoxy) is 1. The zero-order valence-electron chi connectivity index (χ0n) is 12.5. The number of hydrogen-bond acceptors (Lipinski definition) is 4. The molecule has 2 aliphatic heterocycles. The van der Waals surface area contributed by atoms with Crippen molar-refractivity contribution in [1.29, 1.82) is 0 Å². The first-order valence-corrected chi connectivity index (χ1v) is 7.37. The van der Waals surface area contributed by atoms with Crippen molar-refractivity contribution in [1.82, 2.24) is 14.7 Å². The summed E-state index contributed by atoms with van der Waals surface area (Å²) in [6.07, 6.45) is 2.54. The molecule has 2 rings (SSSR count). The molecule has 0 aromatic rings. The number of carbonyl (C=O) groups excluding carboxylic acids is 1. The van der Waals surface area contributed by atoms with E-state index in [4.69, 9.17) is 4.74 Å². The first-order valence-electron chi connectivity index (χ1n) is 7.37. The molecule has 19 heavy (non-hydrogen) atoms. The summed E-state index contributed by atoms with van der Waals surface area (Å²) < 4.78 is 5.77. The molecule has 5 heteroatoms. The van der Waals surface area contributed by atoms with E-state index < -0.39 is 0 Å². The van der Waals surface area contributed by atoms with Crippen LogP contribution in [0.15, 0.2) is 0 Å². The number of morpholine rings is 1. The van der Waals surface area contributed by atoms with E-state index in [0.717, 1.165) is 52.2 Å². The van der Waals surface area contributed by atoms with E-state index in [1.807, 2.05) is 11.8 Å². The standard InChI is InChI=1S/C14H27N3O2/c1-12(14(18)16-6-4-5-7-16)17-8-9-19-13(11-17)10-15(2)3/h12-13H,4-11H2,1-3H3. The van der Waals surface area contributed by atoms with Crippen molar-refractivity contribution in [3.05, 3.63) is 0 Å². The minimum atomic E-state index is -0.00772. The molecule has 1 amide bonds. The summed E-state index contributed by atoms with van der Waals surface area (Å²) in [7, 11) is 4.11. The Hall–Kier alpha value is -0.650. The first kappa shape index (κ1) is 14.8. The number of carbonyl (C=O) groups is 1. The molecule has 0 saturated carbocycles. The SMILES string of the molecule is CC(C(=O)N1CCCC1)N1CCOC(CN(C)C)C1. The predicted octanol–water partition coefficient (Wildman–Crippen LogP) is 0.260. The predicted molar refractivity (Wildman–Crippen MR) is 75.1 cm³/mol. The maximum Gasteiger partial charge on any atom is 0.239 e. The second kappa shape index (κ2) is 6.68. The van der Waals surface area contributed by atoms with Crippen molar-refractivity contribution >= 4 is 5.91 Å². The van der Waals surface area contributed by atoms with Gasteiger partial charge < -0.3 is 14.5 Å². The Bertz CT molecular complexity index is 303. The average Bonchev–Trinajstić information content (AvgIpc) is 2.90. The molecule has 110 valence electrons. The van der Waals surface area contributed by atoms with Crippen LogP contribution in [0.25, 0.3) is 0 Å². The molecule has 2 heterocycles. The highest BCUT2D eigenvalue weighted by Crippen LogP contribution is 2.15. The molecule has 2 aliphatic rings. The fourth-order valence-electron chi connectivity index (χ4n) is 2.97. The fraction of sp³-hybridized carbons (Fsp3) is 0.929. The van der Waals surface area contributed by atoms with Gasteiger partial charge in [-0.15, -0.1) is 0 Å². The first-order chi connectivity index (χ1) is 9.08. The van der Waals surface area contributed by atoms with E-state index in [0.29, 0.717) is 5.91 Å². The summed E-state index contributed by atoms with van der Waals surface area (Å²) in [4.78, 5) is 18.8. The van der Waals surface area contributed by atoms with Crippen molar-refractivity contribution in [2.75, 3.05) is 53.4 Å². The molecule has 0 radical (unpaired) electrons. The molecular weight excluding hydrogens is 242 g/mol. The van der Waals surface area contributed by atoms with Crippen LogP contribution in [0.5, 0.6) is 0 Å². The van der Waals surface area contributed by atoms with E-state index in [-0.39, 0.29) is 12.1 Å². The van der Waals surface area contributed by atoms with Crippen LogP contribution in [0.4, 0.5) is 0 Å². The van der Waals surface area contributed by atoms with E-state index in [9.17, 15) is 4.79 Å². The minimum Gasteiger partial charge on any atom is -0.374 e. The fourth-order valence-corrected chi connectivity index (χ4v) is 2.97. The highest BCUT2D eigenvalue weighted by atomic mass is 16.5. The van der Waals surface area contributed by atoms with Gasteiger partial charge in [0.25, 0.3) is 0 Å². The molecule has 0 bridgehead atoms. The van der Waals surface area contributed by atoms with Gasteiger partial charge in [0, 0.05) is 32.7 Å². The summed E-state index contributed by atoms with van der Waals surface area (Å²) in [6, 6.07) is -0.00772. The lowest BCUT2D eigenvalue weighted by atomic mass is 10.2. The zero-order chi connectivity index (χ0) is 13.8. The molecule has 0 aromatic heterocycles. The van der Waals surface area contributed by atoms with Crippen molar-refractivity contribution in [3.63, 3.8) is 0 Å². The van der Waals surface area contributed by atoms with Gasteiger partial charge in [0.2, 0.25) is 5.91 Å². The van der Waals surface area contributed by atoms with Crippen LogP contribution in [0, 0.1) is 0 Å². The monoisotopic (exact) mass is 269 g/mol. The van der Waals surface area contributed by atoms with E-state index in [2.05, 4.69) is 23.9 Å². The van der Waals surface area contributed by atoms with Gasteiger partial charge in [-0.25, -0.2) is 0 Å². The third kappa shape index (κ3) is 3.91. The maximum absolute atomic E-state index is 12.4. The van der Waals surface area contributed by atoms with Crippen LogP contribution in [-0.4, -0.2) is 86.2 Å². The quantitative estimate of drug-likeness (QED) is 0.733. The third-order valence-corrected chi connectivity index (χ3v) is 4.06. The lowest BCUT2D eigenvalue weighted by Gasteiger charge is -2.38. The molecule has 2 unspecified atom stereocenters. The summed E-state index contributed by atoms with van der Waals surface area (Å²) in [5.74, 6) is 0.294. The topological polar surface area (TPSA) is 36.0 Å². The molecule has 2 fully saturated rings. The van der Waals surface area contributed by atoms with E-state index in [1.165, 1.54) is 0 Å². The largest absolute Gasteiger partial charge is 0.374 e. The molecular formula is C14H27N3O2. The Morgan fingerprint density at radius 1 is 1.32 bits per heavy atom. The smallest absolute Gasteiger partial charge is 0.239 e. The molecule has 0 spiro atoms.